The van der Waals surface area contributed by atoms with Crippen LogP contribution in [0.15, 0.2) is 131 Å². The summed E-state index contributed by atoms with van der Waals surface area (Å²) in [6, 6.07) is 32.7. The average molecular weight is 1770 g/mol. The number of rotatable bonds is 3. The van der Waals surface area contributed by atoms with Gasteiger partial charge in [0.1, 0.15) is 89.1 Å². The Bertz CT molecular complexity index is 6880. The van der Waals surface area contributed by atoms with E-state index in [9.17, 15) is 110 Å². The molecule has 123 heavy (non-hydrogen) atoms. The summed E-state index contributed by atoms with van der Waals surface area (Å²) in [7, 11) is 4.80. The molecule has 1 aromatic heterocycles. The number of aromatic hydroxyl groups is 14. The second-order valence-electron chi connectivity index (χ2n) is 29.6. The monoisotopic (exact) mass is 1770 g/mol. The molecule has 0 radical (unpaired) electrons. The van der Waals surface area contributed by atoms with Crippen LogP contribution >= 0.6 is 58.0 Å². The molecule has 12 aromatic carbocycles. The number of ether oxygens (including phenoxy) is 1. The number of fused-ring (bicyclic) bond motifs is 13. The molecule has 632 valence electrons. The highest BCUT2D eigenvalue weighted by molar-refractivity contribution is 6.37. The SMILES string of the molecule is C.CN=C1c2c(O)cc(C)cc2Cc2cc(O)c(Cl)c(O)c21.COc1cc(C)cc2c1C(=O)c1c(cc(CO)c(Cl)c1CO)C2.Cc1cc(O)c2c(=O)c3c(O)c(Cl)c(O)cc3n(C)c2c1.Cc1cc(O)c2c(c1)-c1cc(O)c(Cl)c(O)c1C2=O.Cc1cc(O)c2c(c1)Cc1cc(O)c(F)c(O)c1C2=O.O=C1c2ccccc2Cc2cc(O)c(Cl)c(O)c21. The first kappa shape index (κ1) is 89.0. The lowest BCUT2D eigenvalue weighted by atomic mass is 9.80. The number of aliphatic hydroxyl groups is 2. The van der Waals surface area contributed by atoms with E-state index in [0.717, 1.165) is 61.7 Å². The molecule has 18 rings (SSSR count). The molecule has 0 fully saturated rings. The minimum absolute atomic E-state index is 0. The number of aliphatic imine (C=N–C) groups is 1. The van der Waals surface area contributed by atoms with Gasteiger partial charge < -0.3 is 91.0 Å². The van der Waals surface area contributed by atoms with E-state index in [1.54, 1.807) is 81.9 Å². The number of aliphatic hydroxyl groups excluding tert-OH is 2. The standard InChI is InChI=1S/C18H17ClO4.C16H14ClNO3.C15H12ClNO4.C15H11FO4.C14H9ClO4.C14H9ClO3.CH4/c1-9-3-10-5-11-6-12(7-20)17(19)13(8-21)15(11)18(22)16(10)14(4-9)23-2;1-7-3-8-5-9-6-11(20)14(17)16(21)13(9)15(18-2)12(8)10(19)4-7;1-6-3-7-11(9(18)4-6)14(20)12-8(17(7)2)5-10(19)13(16)15(12)21;1-6-2-7-4-8-5-10(18)13(16)15(20)12(8)14(19)11(7)9(17)3-6;1-5-2-6-7-4-9(17)12(15)14(19)11(7)13(18)10(6)8(16)3-5;15-12-10(16)6-8-5-7-3-1-2-4-9(7)13(17)11(8)14(12)18;/h3-4,6,20-21H,5,7-8H2,1-2H3;3-4,6,19-21H,5H2,1-2H3;3-5,18-19,21H,1-2H3;2-3,5,17-18,20H,4H2,1H3;2-4,16-17,19H,1H3;1-4,6,16,18H,5H2;1H4. The number of halogens is 6. The third-order valence-electron chi connectivity index (χ3n) is 21.4. The first-order chi connectivity index (χ1) is 57.7. The molecule has 24 nitrogen and oxygen atoms in total. The molecular weight excluding hydrogens is 1690 g/mol. The molecule has 5 aliphatic carbocycles. The normalized spacial score (nSPS) is 12.8. The quantitative estimate of drug-likeness (QED) is 0.0731. The minimum Gasteiger partial charge on any atom is -0.507 e. The number of phenolic OH excluding ortho intramolecular Hbond substituents is 14. The molecule has 1 heterocycles. The van der Waals surface area contributed by atoms with E-state index in [1.807, 2.05) is 44.2 Å². The maximum Gasteiger partial charge on any atom is 0.207 e. The molecule has 0 spiro atoms. The largest absolute Gasteiger partial charge is 0.507 e. The lowest BCUT2D eigenvalue weighted by molar-refractivity contribution is 0.102. The summed E-state index contributed by atoms with van der Waals surface area (Å²) < 4.78 is 20.5. The molecule has 0 bridgehead atoms. The summed E-state index contributed by atoms with van der Waals surface area (Å²) >= 11 is 29.4. The molecule has 13 aromatic rings. The molecule has 0 aliphatic heterocycles. The molecule has 5 aliphatic rings. The smallest absolute Gasteiger partial charge is 0.207 e. The summed E-state index contributed by atoms with van der Waals surface area (Å²) in [5.41, 5.74) is 15.3. The van der Waals surface area contributed by atoms with Crippen molar-refractivity contribution in [3.63, 3.8) is 0 Å². The summed E-state index contributed by atoms with van der Waals surface area (Å²) in [5, 5.41) is 157. The number of carbonyl (C=O) groups excluding carboxylic acids is 4. The Labute approximate surface area is 724 Å². The zero-order valence-corrected chi connectivity index (χ0v) is 69.3. The van der Waals surface area contributed by atoms with Gasteiger partial charge in [-0.2, -0.15) is 4.39 Å². The van der Waals surface area contributed by atoms with Crippen molar-refractivity contribution in [3.05, 3.63) is 302 Å². The zero-order chi connectivity index (χ0) is 88.9. The van der Waals surface area contributed by atoms with Crippen molar-refractivity contribution in [2.75, 3.05) is 14.2 Å². The Morgan fingerprint density at radius 2 is 0.789 bits per heavy atom. The van der Waals surface area contributed by atoms with E-state index in [2.05, 4.69) is 4.99 Å². The van der Waals surface area contributed by atoms with Crippen LogP contribution in [0.4, 0.5) is 4.39 Å². The van der Waals surface area contributed by atoms with E-state index in [4.69, 9.17) is 62.7 Å². The number of hydrogen-bond donors (Lipinski definition) is 16. The Morgan fingerprint density at radius 1 is 0.374 bits per heavy atom. The maximum atomic E-state index is 13.5. The number of methoxy groups -OCH3 is 1. The van der Waals surface area contributed by atoms with Crippen LogP contribution in [0, 0.1) is 40.4 Å². The van der Waals surface area contributed by atoms with Crippen LogP contribution in [0.1, 0.15) is 166 Å². The van der Waals surface area contributed by atoms with Gasteiger partial charge in [-0.25, -0.2) is 0 Å². The zero-order valence-electron chi connectivity index (χ0n) is 65.6. The molecule has 16 N–H and O–H groups in total. The van der Waals surface area contributed by atoms with E-state index < -0.39 is 45.8 Å². The van der Waals surface area contributed by atoms with Crippen LogP contribution in [-0.2, 0) is 45.9 Å². The molecular formula is C93H76Cl5FN2O22. The van der Waals surface area contributed by atoms with Gasteiger partial charge in [-0.15, -0.1) is 0 Å². The van der Waals surface area contributed by atoms with Crippen molar-refractivity contribution in [3.8, 4) is 97.4 Å². The van der Waals surface area contributed by atoms with Crippen molar-refractivity contribution in [2.45, 2.75) is 80.9 Å². The van der Waals surface area contributed by atoms with Crippen molar-refractivity contribution in [1.29, 1.82) is 0 Å². The third-order valence-corrected chi connectivity index (χ3v) is 23.4. The Morgan fingerprint density at radius 3 is 1.37 bits per heavy atom. The molecule has 0 unspecified atom stereocenters. The number of pyridine rings is 1. The summed E-state index contributed by atoms with van der Waals surface area (Å²) in [5.74, 6) is -6.74. The number of hydrogen-bond acceptors (Lipinski definition) is 23. The lowest BCUT2D eigenvalue weighted by Gasteiger charge is -2.24. The number of nitrogens with zero attached hydrogens (tertiary/aromatic N) is 2. The minimum atomic E-state index is -1.23. The van der Waals surface area contributed by atoms with Crippen molar-refractivity contribution in [1.82, 2.24) is 4.57 Å². The fourth-order valence-corrected chi connectivity index (χ4v) is 17.0. The van der Waals surface area contributed by atoms with Crippen LogP contribution < -0.4 is 10.2 Å². The van der Waals surface area contributed by atoms with Gasteiger partial charge in [0.05, 0.1) is 86.2 Å². The number of phenols is 14. The van der Waals surface area contributed by atoms with E-state index in [0.29, 0.717) is 109 Å². The van der Waals surface area contributed by atoms with E-state index in [1.165, 1.54) is 49.6 Å². The van der Waals surface area contributed by atoms with Crippen LogP contribution in [-0.4, -0.2) is 129 Å². The van der Waals surface area contributed by atoms with Gasteiger partial charge in [-0.05, 0) is 204 Å². The first-order valence-corrected chi connectivity index (χ1v) is 38.8. The maximum absolute atomic E-state index is 13.5. The highest BCUT2D eigenvalue weighted by Crippen LogP contribution is 2.52. The van der Waals surface area contributed by atoms with Crippen molar-refractivity contribution < 1.29 is 110 Å². The predicted molar refractivity (Wildman–Crippen MR) is 464 cm³/mol. The van der Waals surface area contributed by atoms with Crippen LogP contribution in [0.2, 0.25) is 25.1 Å². The fourth-order valence-electron chi connectivity index (χ4n) is 16.1. The summed E-state index contributed by atoms with van der Waals surface area (Å²) in [6.45, 7) is 8.60. The van der Waals surface area contributed by atoms with E-state index >= 15 is 0 Å². The Balaban J connectivity index is 0.000000135. The van der Waals surface area contributed by atoms with Crippen LogP contribution in [0.5, 0.6) is 86.2 Å². The first-order valence-electron chi connectivity index (χ1n) is 36.9. The number of aromatic nitrogens is 1. The van der Waals surface area contributed by atoms with Gasteiger partial charge >= 0.3 is 0 Å². The van der Waals surface area contributed by atoms with Gasteiger partial charge in [0.2, 0.25) is 22.8 Å². The molecule has 0 saturated carbocycles. The lowest BCUT2D eigenvalue weighted by Crippen LogP contribution is -2.20. The topological polar surface area (TPSA) is 436 Å². The molecule has 0 saturated heterocycles. The second-order valence-corrected chi connectivity index (χ2v) is 31.4. The van der Waals surface area contributed by atoms with Crippen LogP contribution in [0.25, 0.3) is 32.9 Å². The molecule has 0 amide bonds. The highest BCUT2D eigenvalue weighted by Gasteiger charge is 2.38. The third kappa shape index (κ3) is 15.6. The number of benzene rings is 12. The Hall–Kier alpha value is -13.2. The van der Waals surface area contributed by atoms with Crippen molar-refractivity contribution >= 4 is 109 Å². The van der Waals surface area contributed by atoms with Gasteiger partial charge in [0, 0.05) is 53.5 Å². The number of carbonyl (C=O) groups is 4. The van der Waals surface area contributed by atoms with Gasteiger partial charge in [-0.3, -0.25) is 29.0 Å². The predicted octanol–water partition coefficient (Wildman–Crippen LogP) is 17.6. The summed E-state index contributed by atoms with van der Waals surface area (Å²) in [4.78, 5) is 66.7. The van der Waals surface area contributed by atoms with Gasteiger partial charge in [0.15, 0.2) is 28.8 Å². The highest BCUT2D eigenvalue weighted by atomic mass is 35.5. The summed E-state index contributed by atoms with van der Waals surface area (Å²) in [6.07, 6.45) is 1.74. The van der Waals surface area contributed by atoms with Crippen molar-refractivity contribution in [2.24, 2.45) is 12.0 Å². The average Bonchev–Trinajstić information content (AvgIpc) is 1.33. The van der Waals surface area contributed by atoms with E-state index in [-0.39, 0.29) is 160 Å². The number of ketones is 4. The Kier molecular flexibility index (Phi) is 24.9. The molecule has 0 atom stereocenters. The number of aryl methyl sites for hydroxylation is 6. The van der Waals surface area contributed by atoms with Crippen LogP contribution in [0.3, 0.4) is 0 Å². The molecule has 30 heteroatoms. The van der Waals surface area contributed by atoms with Gasteiger partial charge in [-0.1, -0.05) is 120 Å². The fraction of sp³-hybridized carbons (Fsp3) is 0.161. The second kappa shape index (κ2) is 34.3. The van der Waals surface area contributed by atoms with Gasteiger partial charge in [0.25, 0.3) is 0 Å².